The Balaban J connectivity index is 2.58. The van der Waals surface area contributed by atoms with Gasteiger partial charge in [-0.2, -0.15) is 0 Å². The van der Waals surface area contributed by atoms with E-state index in [4.69, 9.17) is 28.6 Å². The third-order valence-corrected chi connectivity index (χ3v) is 2.71. The van der Waals surface area contributed by atoms with Gasteiger partial charge in [0.2, 0.25) is 0 Å². The summed E-state index contributed by atoms with van der Waals surface area (Å²) in [5.41, 5.74) is 1.98. The van der Waals surface area contributed by atoms with Crippen molar-refractivity contribution in [2.75, 3.05) is 0 Å². The maximum absolute atomic E-state index is 5.90. The van der Waals surface area contributed by atoms with Gasteiger partial charge in [0.1, 0.15) is 17.4 Å². The summed E-state index contributed by atoms with van der Waals surface area (Å²) in [6.45, 7) is 0. The number of benzene rings is 1. The molecule has 74 valence electrons. The number of furan rings is 1. The second kappa shape index (κ2) is 3.05. The lowest BCUT2D eigenvalue weighted by molar-refractivity contribution is 0.653. The van der Waals surface area contributed by atoms with Gasteiger partial charge >= 0.3 is 0 Å². The Morgan fingerprint density at radius 1 is 1.27 bits per heavy atom. The van der Waals surface area contributed by atoms with Crippen LogP contribution >= 0.6 is 11.6 Å². The van der Waals surface area contributed by atoms with E-state index in [0.29, 0.717) is 21.1 Å². The number of hydrogen-bond acceptors (Lipinski definition) is 4. The number of nitrogens with zero attached hydrogens (tertiary/aromatic N) is 2. The van der Waals surface area contributed by atoms with Crippen LogP contribution in [-0.2, 0) is 12.6 Å². The standard InChI is InChI=1S/C10H5ClN2OS/c11-5-1-2-7-6(3-5)8-9(14-7)10(15)13-4-12-8/h1-4H,(H,12,13,15)/p-1. The zero-order valence-corrected chi connectivity index (χ0v) is 8.97. The number of hydrogen-bond donors (Lipinski definition) is 0. The van der Waals surface area contributed by atoms with Crippen LogP contribution in [0, 0.1) is 0 Å². The van der Waals surface area contributed by atoms with Crippen molar-refractivity contribution in [1.29, 1.82) is 0 Å². The van der Waals surface area contributed by atoms with Gasteiger partial charge in [-0.05, 0) is 23.2 Å². The third-order valence-electron chi connectivity index (χ3n) is 2.18. The molecule has 0 bridgehead atoms. The second-order valence-corrected chi connectivity index (χ2v) is 3.92. The number of fused-ring (bicyclic) bond motifs is 3. The molecule has 0 saturated heterocycles. The van der Waals surface area contributed by atoms with Crippen LogP contribution in [-0.4, -0.2) is 9.97 Å². The van der Waals surface area contributed by atoms with Crippen LogP contribution in [0.2, 0.25) is 5.02 Å². The maximum atomic E-state index is 5.90. The van der Waals surface area contributed by atoms with Crippen LogP contribution in [0.5, 0.6) is 0 Å². The van der Waals surface area contributed by atoms with Gasteiger partial charge in [0.15, 0.2) is 5.58 Å². The highest BCUT2D eigenvalue weighted by Gasteiger charge is 2.08. The minimum absolute atomic E-state index is 0.423. The molecule has 3 rings (SSSR count). The molecular formula is C10H4ClN2OS-. The highest BCUT2D eigenvalue weighted by molar-refractivity contribution is 7.58. The fourth-order valence-corrected chi connectivity index (χ4v) is 1.89. The minimum atomic E-state index is 0.423. The molecule has 0 amide bonds. The van der Waals surface area contributed by atoms with Crippen LogP contribution in [0.3, 0.4) is 0 Å². The molecule has 0 atom stereocenters. The van der Waals surface area contributed by atoms with E-state index >= 15 is 0 Å². The summed E-state index contributed by atoms with van der Waals surface area (Å²) < 4.78 is 5.55. The highest BCUT2D eigenvalue weighted by Crippen LogP contribution is 2.30. The number of halogens is 1. The molecule has 0 radical (unpaired) electrons. The van der Waals surface area contributed by atoms with Gasteiger partial charge in [0.25, 0.3) is 0 Å². The van der Waals surface area contributed by atoms with E-state index in [-0.39, 0.29) is 0 Å². The Labute approximate surface area is 95.5 Å². The van der Waals surface area contributed by atoms with Gasteiger partial charge in [-0.1, -0.05) is 11.6 Å². The van der Waals surface area contributed by atoms with E-state index in [1.54, 1.807) is 12.1 Å². The summed E-state index contributed by atoms with van der Waals surface area (Å²) in [5, 5.41) is 1.94. The van der Waals surface area contributed by atoms with Crippen molar-refractivity contribution in [1.82, 2.24) is 9.97 Å². The van der Waals surface area contributed by atoms with Gasteiger partial charge in [-0.15, -0.1) is 0 Å². The van der Waals surface area contributed by atoms with Crippen molar-refractivity contribution in [2.45, 2.75) is 5.03 Å². The predicted octanol–water partition coefficient (Wildman–Crippen LogP) is 2.94. The fraction of sp³-hybridized carbons (Fsp3) is 0. The van der Waals surface area contributed by atoms with Crippen molar-refractivity contribution in [3.8, 4) is 0 Å². The summed E-state index contributed by atoms with van der Waals surface area (Å²) in [4.78, 5) is 8.04. The summed E-state index contributed by atoms with van der Waals surface area (Å²) in [6.07, 6.45) is 1.43. The van der Waals surface area contributed by atoms with Crippen molar-refractivity contribution in [3.63, 3.8) is 0 Å². The first-order chi connectivity index (χ1) is 7.25. The van der Waals surface area contributed by atoms with Crippen molar-refractivity contribution in [3.05, 3.63) is 29.5 Å². The van der Waals surface area contributed by atoms with Gasteiger partial charge in [-0.25, -0.2) is 4.98 Å². The zero-order valence-electron chi connectivity index (χ0n) is 7.40. The summed E-state index contributed by atoms with van der Waals surface area (Å²) in [5.74, 6) is 0. The second-order valence-electron chi connectivity index (χ2n) is 3.10. The fourth-order valence-electron chi connectivity index (χ4n) is 1.53. The molecule has 5 heteroatoms. The summed E-state index contributed by atoms with van der Waals surface area (Å²) in [7, 11) is 0. The van der Waals surface area contributed by atoms with Crippen molar-refractivity contribution in [2.24, 2.45) is 0 Å². The molecular weight excluding hydrogens is 232 g/mol. The van der Waals surface area contributed by atoms with Gasteiger partial charge in [0, 0.05) is 10.4 Å². The number of aromatic nitrogens is 2. The van der Waals surface area contributed by atoms with Gasteiger partial charge in [-0.3, -0.25) is 4.98 Å². The molecule has 0 N–H and O–H groups in total. The molecule has 0 aliphatic heterocycles. The Morgan fingerprint density at radius 3 is 3.00 bits per heavy atom. The Bertz CT molecular complexity index is 665. The lowest BCUT2D eigenvalue weighted by Crippen LogP contribution is -1.82. The molecule has 3 nitrogen and oxygen atoms in total. The lowest BCUT2D eigenvalue weighted by atomic mass is 10.2. The smallest absolute Gasteiger partial charge is 0.152 e. The van der Waals surface area contributed by atoms with E-state index in [2.05, 4.69) is 9.97 Å². The lowest BCUT2D eigenvalue weighted by Gasteiger charge is -2.00. The van der Waals surface area contributed by atoms with Crippen LogP contribution in [0.1, 0.15) is 0 Å². The Kier molecular flexibility index (Phi) is 1.81. The van der Waals surface area contributed by atoms with Crippen LogP contribution in [0.25, 0.3) is 22.1 Å². The van der Waals surface area contributed by atoms with Crippen LogP contribution in [0.15, 0.2) is 34.0 Å². The quantitative estimate of drug-likeness (QED) is 0.444. The average Bonchev–Trinajstić information content (AvgIpc) is 2.58. The minimum Gasteiger partial charge on any atom is -0.756 e. The monoisotopic (exact) mass is 235 g/mol. The predicted molar refractivity (Wildman–Crippen MR) is 60.0 cm³/mol. The van der Waals surface area contributed by atoms with E-state index in [0.717, 1.165) is 11.0 Å². The molecule has 0 aliphatic rings. The first-order valence-corrected chi connectivity index (χ1v) is 5.04. The van der Waals surface area contributed by atoms with Crippen LogP contribution < -0.4 is 0 Å². The zero-order chi connectivity index (χ0) is 10.4. The largest absolute Gasteiger partial charge is 0.756 e. The topological polar surface area (TPSA) is 38.9 Å². The molecule has 0 unspecified atom stereocenters. The van der Waals surface area contributed by atoms with E-state index in [1.165, 1.54) is 6.33 Å². The Morgan fingerprint density at radius 2 is 2.13 bits per heavy atom. The van der Waals surface area contributed by atoms with Crippen molar-refractivity contribution >= 4 is 46.3 Å². The molecule has 1 aromatic carbocycles. The maximum Gasteiger partial charge on any atom is 0.152 e. The van der Waals surface area contributed by atoms with E-state index in [1.807, 2.05) is 6.07 Å². The van der Waals surface area contributed by atoms with Crippen molar-refractivity contribution < 1.29 is 4.42 Å². The first-order valence-electron chi connectivity index (χ1n) is 4.25. The van der Waals surface area contributed by atoms with E-state index < -0.39 is 0 Å². The van der Waals surface area contributed by atoms with E-state index in [9.17, 15) is 0 Å². The summed E-state index contributed by atoms with van der Waals surface area (Å²) in [6, 6.07) is 5.38. The average molecular weight is 236 g/mol. The molecule has 0 fully saturated rings. The molecule has 2 aromatic heterocycles. The van der Waals surface area contributed by atoms with Gasteiger partial charge < -0.3 is 17.0 Å². The normalized spacial score (nSPS) is 11.3. The Hall–Kier alpha value is -1.39. The SMILES string of the molecule is [S-]c1ncnc2c1oc1ccc(Cl)cc12. The first kappa shape index (κ1) is 8.88. The molecule has 3 aromatic rings. The van der Waals surface area contributed by atoms with Gasteiger partial charge in [0.05, 0.1) is 0 Å². The molecule has 0 spiro atoms. The molecule has 0 saturated carbocycles. The molecule has 2 heterocycles. The number of rotatable bonds is 0. The van der Waals surface area contributed by atoms with Crippen LogP contribution in [0.4, 0.5) is 0 Å². The highest BCUT2D eigenvalue weighted by atomic mass is 35.5. The third kappa shape index (κ3) is 1.26. The molecule has 0 aliphatic carbocycles. The molecule has 15 heavy (non-hydrogen) atoms. The summed E-state index contributed by atoms with van der Waals surface area (Å²) >= 11 is 11.0.